The Morgan fingerprint density at radius 3 is 2.48 bits per heavy atom. The summed E-state index contributed by atoms with van der Waals surface area (Å²) in [6, 6.07) is 10.2. The number of amides is 2. The first-order chi connectivity index (χ1) is 13.1. The third-order valence-electron chi connectivity index (χ3n) is 5.78. The predicted molar refractivity (Wildman–Crippen MR) is 107 cm³/mol. The van der Waals surface area contributed by atoms with E-state index in [-0.39, 0.29) is 11.8 Å². The maximum Gasteiger partial charge on any atom is 0.236 e. The molecule has 1 aromatic rings. The summed E-state index contributed by atoms with van der Waals surface area (Å²) in [7, 11) is 0. The van der Waals surface area contributed by atoms with E-state index in [9.17, 15) is 9.59 Å². The van der Waals surface area contributed by atoms with Crippen LogP contribution in [0.25, 0.3) is 0 Å². The van der Waals surface area contributed by atoms with E-state index in [1.165, 1.54) is 12.0 Å². The SMILES string of the molecule is CC1CCCN(C(=O)CN2CCCN(C(=O)CCc3ccccc3)CC2)C1. The first-order valence-corrected chi connectivity index (χ1v) is 10.4. The van der Waals surface area contributed by atoms with Gasteiger partial charge in [0, 0.05) is 45.7 Å². The third kappa shape index (κ3) is 6.06. The molecule has 2 amide bonds. The molecular formula is C22H33N3O2. The van der Waals surface area contributed by atoms with E-state index >= 15 is 0 Å². The molecule has 5 nitrogen and oxygen atoms in total. The smallest absolute Gasteiger partial charge is 0.236 e. The minimum atomic E-state index is 0.233. The van der Waals surface area contributed by atoms with Crippen LogP contribution in [0.4, 0.5) is 0 Å². The van der Waals surface area contributed by atoms with Crippen molar-refractivity contribution in [3.63, 3.8) is 0 Å². The minimum absolute atomic E-state index is 0.233. The average molecular weight is 372 g/mol. The zero-order valence-corrected chi connectivity index (χ0v) is 16.6. The third-order valence-corrected chi connectivity index (χ3v) is 5.78. The second kappa shape index (κ2) is 9.88. The van der Waals surface area contributed by atoms with Gasteiger partial charge in [-0.05, 0) is 37.2 Å². The molecular weight excluding hydrogens is 338 g/mol. The first-order valence-electron chi connectivity index (χ1n) is 10.4. The molecule has 2 aliphatic heterocycles. The lowest BCUT2D eigenvalue weighted by atomic mass is 10.0. The van der Waals surface area contributed by atoms with E-state index < -0.39 is 0 Å². The van der Waals surface area contributed by atoms with Crippen LogP contribution in [-0.4, -0.2) is 72.3 Å². The summed E-state index contributed by atoms with van der Waals surface area (Å²) in [6.45, 7) is 7.77. The number of carbonyl (C=O) groups excluding carboxylic acids is 2. The van der Waals surface area contributed by atoms with E-state index in [1.807, 2.05) is 28.0 Å². The lowest BCUT2D eigenvalue weighted by Gasteiger charge is -2.32. The fourth-order valence-corrected chi connectivity index (χ4v) is 4.14. The zero-order valence-electron chi connectivity index (χ0n) is 16.6. The van der Waals surface area contributed by atoms with Crippen molar-refractivity contribution in [2.45, 2.75) is 39.0 Å². The standard InChI is InChI=1S/C22H33N3O2/c1-19-7-5-13-25(17-19)22(27)18-23-12-6-14-24(16-15-23)21(26)11-10-20-8-3-2-4-9-20/h2-4,8-9,19H,5-7,10-18H2,1H3. The highest BCUT2D eigenvalue weighted by Gasteiger charge is 2.24. The van der Waals surface area contributed by atoms with Crippen molar-refractivity contribution in [2.75, 3.05) is 45.8 Å². The van der Waals surface area contributed by atoms with Crippen molar-refractivity contribution in [1.29, 1.82) is 0 Å². The molecule has 27 heavy (non-hydrogen) atoms. The highest BCUT2D eigenvalue weighted by atomic mass is 16.2. The van der Waals surface area contributed by atoms with Crippen molar-refractivity contribution < 1.29 is 9.59 Å². The van der Waals surface area contributed by atoms with Gasteiger partial charge in [0.1, 0.15) is 0 Å². The Kier molecular flexibility index (Phi) is 7.27. The van der Waals surface area contributed by atoms with E-state index in [1.54, 1.807) is 0 Å². The van der Waals surface area contributed by atoms with Crippen molar-refractivity contribution in [1.82, 2.24) is 14.7 Å². The van der Waals surface area contributed by atoms with Gasteiger partial charge in [-0.2, -0.15) is 0 Å². The van der Waals surface area contributed by atoms with Crippen molar-refractivity contribution in [2.24, 2.45) is 5.92 Å². The van der Waals surface area contributed by atoms with Crippen LogP contribution in [0, 0.1) is 5.92 Å². The van der Waals surface area contributed by atoms with Crippen molar-refractivity contribution in [3.05, 3.63) is 35.9 Å². The highest BCUT2D eigenvalue weighted by molar-refractivity contribution is 5.78. The summed E-state index contributed by atoms with van der Waals surface area (Å²) < 4.78 is 0. The average Bonchev–Trinajstić information content (AvgIpc) is 2.92. The van der Waals surface area contributed by atoms with Crippen LogP contribution in [0.5, 0.6) is 0 Å². The van der Waals surface area contributed by atoms with Gasteiger partial charge in [-0.1, -0.05) is 37.3 Å². The molecule has 0 spiro atoms. The van der Waals surface area contributed by atoms with Gasteiger partial charge in [-0.15, -0.1) is 0 Å². The van der Waals surface area contributed by atoms with Crippen LogP contribution in [0.2, 0.25) is 0 Å². The maximum atomic E-state index is 12.6. The highest BCUT2D eigenvalue weighted by Crippen LogP contribution is 2.16. The molecule has 0 N–H and O–H groups in total. The topological polar surface area (TPSA) is 43.9 Å². The van der Waals surface area contributed by atoms with Gasteiger partial charge in [-0.25, -0.2) is 0 Å². The van der Waals surface area contributed by atoms with E-state index in [4.69, 9.17) is 0 Å². The molecule has 0 bridgehead atoms. The number of piperidine rings is 1. The van der Waals surface area contributed by atoms with E-state index in [0.29, 0.717) is 18.9 Å². The summed E-state index contributed by atoms with van der Waals surface area (Å²) in [4.78, 5) is 31.4. The van der Waals surface area contributed by atoms with Gasteiger partial charge in [0.2, 0.25) is 11.8 Å². The Balaban J connectivity index is 1.42. The molecule has 1 atom stereocenters. The van der Waals surface area contributed by atoms with Crippen LogP contribution in [0.1, 0.15) is 38.2 Å². The summed E-state index contributed by atoms with van der Waals surface area (Å²) in [5.41, 5.74) is 1.21. The molecule has 148 valence electrons. The Labute approximate surface area is 163 Å². The molecule has 2 heterocycles. The quantitative estimate of drug-likeness (QED) is 0.798. The summed E-state index contributed by atoms with van der Waals surface area (Å²) in [6.07, 6.45) is 4.66. The van der Waals surface area contributed by atoms with Crippen LogP contribution < -0.4 is 0 Å². The second-order valence-electron chi connectivity index (χ2n) is 8.08. The summed E-state index contributed by atoms with van der Waals surface area (Å²) in [5, 5.41) is 0. The monoisotopic (exact) mass is 371 g/mol. The number of hydrogen-bond acceptors (Lipinski definition) is 3. The number of rotatable bonds is 5. The van der Waals surface area contributed by atoms with Crippen LogP contribution in [0.15, 0.2) is 30.3 Å². The largest absolute Gasteiger partial charge is 0.341 e. The molecule has 2 saturated heterocycles. The van der Waals surface area contributed by atoms with Crippen LogP contribution in [-0.2, 0) is 16.0 Å². The van der Waals surface area contributed by atoms with Crippen molar-refractivity contribution in [3.8, 4) is 0 Å². The molecule has 0 aromatic heterocycles. The van der Waals surface area contributed by atoms with Crippen LogP contribution in [0.3, 0.4) is 0 Å². The van der Waals surface area contributed by atoms with Gasteiger partial charge < -0.3 is 9.80 Å². The molecule has 5 heteroatoms. The van der Waals surface area contributed by atoms with Gasteiger partial charge in [0.05, 0.1) is 6.54 Å². The number of benzene rings is 1. The van der Waals surface area contributed by atoms with Gasteiger partial charge in [-0.3, -0.25) is 14.5 Å². The molecule has 0 radical (unpaired) electrons. The molecule has 1 unspecified atom stereocenters. The first kappa shape index (κ1) is 19.9. The van der Waals surface area contributed by atoms with Crippen LogP contribution >= 0.6 is 0 Å². The summed E-state index contributed by atoms with van der Waals surface area (Å²) in [5.74, 6) is 1.10. The van der Waals surface area contributed by atoms with E-state index in [0.717, 1.165) is 58.5 Å². The van der Waals surface area contributed by atoms with Crippen molar-refractivity contribution >= 4 is 11.8 Å². The molecule has 0 aliphatic carbocycles. The Morgan fingerprint density at radius 1 is 0.926 bits per heavy atom. The number of likely N-dealkylation sites (tertiary alicyclic amines) is 1. The Morgan fingerprint density at radius 2 is 1.70 bits per heavy atom. The fraction of sp³-hybridized carbons (Fsp3) is 0.636. The molecule has 3 rings (SSSR count). The molecule has 1 aromatic carbocycles. The number of hydrogen-bond donors (Lipinski definition) is 0. The Bertz CT molecular complexity index is 619. The number of nitrogens with zero attached hydrogens (tertiary/aromatic N) is 3. The normalized spacial score (nSPS) is 21.7. The van der Waals surface area contributed by atoms with Gasteiger partial charge in [0.15, 0.2) is 0 Å². The lowest BCUT2D eigenvalue weighted by Crippen LogP contribution is -2.45. The summed E-state index contributed by atoms with van der Waals surface area (Å²) >= 11 is 0. The maximum absolute atomic E-state index is 12.6. The molecule has 0 saturated carbocycles. The molecule has 2 fully saturated rings. The fourth-order valence-electron chi connectivity index (χ4n) is 4.14. The second-order valence-corrected chi connectivity index (χ2v) is 8.08. The Hall–Kier alpha value is -1.88. The van der Waals surface area contributed by atoms with Gasteiger partial charge >= 0.3 is 0 Å². The number of carbonyl (C=O) groups is 2. The molecule has 2 aliphatic rings. The van der Waals surface area contributed by atoms with Gasteiger partial charge in [0.25, 0.3) is 0 Å². The predicted octanol–water partition coefficient (Wildman–Crippen LogP) is 2.41. The number of aryl methyl sites for hydroxylation is 1. The lowest BCUT2D eigenvalue weighted by molar-refractivity contribution is -0.134. The minimum Gasteiger partial charge on any atom is -0.341 e. The zero-order chi connectivity index (χ0) is 19.1. The van der Waals surface area contributed by atoms with E-state index in [2.05, 4.69) is 24.0 Å².